The molecule has 1 aromatic carbocycles. The number of nitriles is 1. The fourth-order valence-corrected chi connectivity index (χ4v) is 2.52. The average molecular weight is 301 g/mol. The van der Waals surface area contributed by atoms with Crippen molar-refractivity contribution in [3.63, 3.8) is 0 Å². The monoisotopic (exact) mass is 301 g/mol. The third-order valence-electron chi connectivity index (χ3n) is 3.75. The summed E-state index contributed by atoms with van der Waals surface area (Å²) in [6.45, 7) is 7.06. The number of carbonyl (C=O) groups is 1. The molecule has 1 saturated heterocycles. The van der Waals surface area contributed by atoms with Crippen molar-refractivity contribution >= 4 is 11.7 Å². The van der Waals surface area contributed by atoms with Crippen molar-refractivity contribution < 1.29 is 4.79 Å². The summed E-state index contributed by atoms with van der Waals surface area (Å²) >= 11 is 0. The maximum Gasteiger partial charge on any atom is 0.319 e. The number of hydrogen-bond acceptors (Lipinski definition) is 4. The Labute approximate surface area is 131 Å². The molecule has 0 spiro atoms. The van der Waals surface area contributed by atoms with Crippen molar-refractivity contribution in [3.05, 3.63) is 29.8 Å². The number of urea groups is 1. The molecule has 0 saturated carbocycles. The molecule has 2 N–H and O–H groups in total. The molecule has 1 aromatic rings. The predicted molar refractivity (Wildman–Crippen MR) is 86.7 cm³/mol. The van der Waals surface area contributed by atoms with Gasteiger partial charge in [-0.2, -0.15) is 5.26 Å². The average Bonchev–Trinajstić information content (AvgIpc) is 2.49. The van der Waals surface area contributed by atoms with E-state index in [1.807, 2.05) is 6.92 Å². The first-order valence-corrected chi connectivity index (χ1v) is 7.55. The molecule has 1 fully saturated rings. The van der Waals surface area contributed by atoms with E-state index in [-0.39, 0.29) is 12.1 Å². The number of carbonyl (C=O) groups excluding carboxylic acids is 1. The zero-order valence-electron chi connectivity index (χ0n) is 13.2. The predicted octanol–water partition coefficient (Wildman–Crippen LogP) is 1.32. The van der Waals surface area contributed by atoms with E-state index in [2.05, 4.69) is 33.6 Å². The van der Waals surface area contributed by atoms with Gasteiger partial charge < -0.3 is 15.5 Å². The highest BCUT2D eigenvalue weighted by molar-refractivity contribution is 5.89. The Morgan fingerprint density at radius 3 is 2.77 bits per heavy atom. The Bertz CT molecular complexity index is 546. The molecule has 6 heteroatoms. The minimum atomic E-state index is -0.239. The number of nitrogens with one attached hydrogen (secondary N) is 2. The van der Waals surface area contributed by atoms with Crippen LogP contribution in [0.15, 0.2) is 24.3 Å². The number of likely N-dealkylation sites (N-methyl/N-ethyl adjacent to an activating group) is 1. The van der Waals surface area contributed by atoms with Crippen LogP contribution in [0.2, 0.25) is 0 Å². The van der Waals surface area contributed by atoms with Crippen LogP contribution in [0.4, 0.5) is 10.5 Å². The molecule has 6 nitrogen and oxygen atoms in total. The number of piperazine rings is 1. The molecule has 1 aliphatic rings. The molecule has 0 radical (unpaired) electrons. The molecule has 2 rings (SSSR count). The van der Waals surface area contributed by atoms with Gasteiger partial charge in [0, 0.05) is 44.5 Å². The lowest BCUT2D eigenvalue weighted by molar-refractivity contribution is 0.145. The molecular formula is C16H23N5O. The summed E-state index contributed by atoms with van der Waals surface area (Å²) in [6.07, 6.45) is 0. The molecule has 0 aromatic heterocycles. The fourth-order valence-electron chi connectivity index (χ4n) is 2.52. The Hall–Kier alpha value is -2.10. The van der Waals surface area contributed by atoms with Gasteiger partial charge in [0.15, 0.2) is 0 Å². The van der Waals surface area contributed by atoms with Crippen LogP contribution in [-0.4, -0.2) is 61.6 Å². The molecular weight excluding hydrogens is 278 g/mol. The SMILES string of the molecule is CC(CN1CCN(C)CC1)NC(=O)Nc1cccc(C#N)c1. The minimum Gasteiger partial charge on any atom is -0.334 e. The van der Waals surface area contributed by atoms with Crippen molar-refractivity contribution in [1.29, 1.82) is 5.26 Å². The molecule has 1 heterocycles. The van der Waals surface area contributed by atoms with Crippen LogP contribution >= 0.6 is 0 Å². The Morgan fingerprint density at radius 1 is 1.36 bits per heavy atom. The molecule has 1 unspecified atom stereocenters. The summed E-state index contributed by atoms with van der Waals surface area (Å²) in [5.74, 6) is 0. The van der Waals surface area contributed by atoms with E-state index in [1.54, 1.807) is 24.3 Å². The molecule has 22 heavy (non-hydrogen) atoms. The van der Waals surface area contributed by atoms with E-state index < -0.39 is 0 Å². The van der Waals surface area contributed by atoms with Gasteiger partial charge in [0.05, 0.1) is 11.6 Å². The van der Waals surface area contributed by atoms with E-state index >= 15 is 0 Å². The highest BCUT2D eigenvalue weighted by Gasteiger charge is 2.17. The van der Waals surface area contributed by atoms with Gasteiger partial charge in [-0.05, 0) is 32.2 Å². The Kier molecular flexibility index (Phi) is 5.75. The fraction of sp³-hybridized carbons (Fsp3) is 0.500. The topological polar surface area (TPSA) is 71.4 Å². The number of hydrogen-bond donors (Lipinski definition) is 2. The quantitative estimate of drug-likeness (QED) is 0.880. The number of amides is 2. The van der Waals surface area contributed by atoms with Crippen LogP contribution in [0.25, 0.3) is 0 Å². The standard InChI is InChI=1S/C16H23N5O/c1-13(12-21-8-6-20(2)7-9-21)18-16(22)19-15-5-3-4-14(10-15)11-17/h3-5,10,13H,6-9,12H2,1-2H3,(H2,18,19,22). The summed E-state index contributed by atoms with van der Waals surface area (Å²) in [7, 11) is 2.13. The van der Waals surface area contributed by atoms with Gasteiger partial charge in [0.1, 0.15) is 0 Å². The first-order chi connectivity index (χ1) is 10.6. The third-order valence-corrected chi connectivity index (χ3v) is 3.75. The summed E-state index contributed by atoms with van der Waals surface area (Å²) in [5, 5.41) is 14.6. The number of anilines is 1. The van der Waals surface area contributed by atoms with Crippen LogP contribution in [0.5, 0.6) is 0 Å². The van der Waals surface area contributed by atoms with E-state index in [4.69, 9.17) is 5.26 Å². The zero-order valence-corrected chi connectivity index (χ0v) is 13.2. The first-order valence-electron chi connectivity index (χ1n) is 7.55. The Morgan fingerprint density at radius 2 is 2.09 bits per heavy atom. The van der Waals surface area contributed by atoms with Crippen LogP contribution in [-0.2, 0) is 0 Å². The number of benzene rings is 1. The van der Waals surface area contributed by atoms with Gasteiger partial charge in [-0.25, -0.2) is 4.79 Å². The van der Waals surface area contributed by atoms with Crippen molar-refractivity contribution in [1.82, 2.24) is 15.1 Å². The van der Waals surface area contributed by atoms with Crippen molar-refractivity contribution in [2.75, 3.05) is 45.1 Å². The largest absolute Gasteiger partial charge is 0.334 e. The van der Waals surface area contributed by atoms with E-state index in [0.717, 1.165) is 32.7 Å². The lowest BCUT2D eigenvalue weighted by atomic mass is 10.2. The highest BCUT2D eigenvalue weighted by atomic mass is 16.2. The van der Waals surface area contributed by atoms with E-state index in [9.17, 15) is 4.79 Å². The second-order valence-electron chi connectivity index (χ2n) is 5.80. The normalized spacial score (nSPS) is 17.5. The van der Waals surface area contributed by atoms with Gasteiger partial charge in [0.25, 0.3) is 0 Å². The summed E-state index contributed by atoms with van der Waals surface area (Å²) in [5.41, 5.74) is 1.16. The highest BCUT2D eigenvalue weighted by Crippen LogP contribution is 2.09. The lowest BCUT2D eigenvalue weighted by Gasteiger charge is -2.34. The molecule has 2 amide bonds. The van der Waals surface area contributed by atoms with Crippen LogP contribution in [0.3, 0.4) is 0 Å². The first kappa shape index (κ1) is 16.3. The van der Waals surface area contributed by atoms with Gasteiger partial charge in [-0.1, -0.05) is 6.07 Å². The summed E-state index contributed by atoms with van der Waals surface area (Å²) < 4.78 is 0. The van der Waals surface area contributed by atoms with E-state index in [0.29, 0.717) is 11.3 Å². The second-order valence-corrected chi connectivity index (χ2v) is 5.80. The minimum absolute atomic E-state index is 0.0718. The third kappa shape index (κ3) is 5.02. The second kappa shape index (κ2) is 7.78. The van der Waals surface area contributed by atoms with E-state index in [1.165, 1.54) is 0 Å². The number of nitrogens with zero attached hydrogens (tertiary/aromatic N) is 3. The van der Waals surface area contributed by atoms with Crippen LogP contribution in [0.1, 0.15) is 12.5 Å². The maximum atomic E-state index is 12.0. The van der Waals surface area contributed by atoms with Crippen molar-refractivity contribution in [2.24, 2.45) is 0 Å². The Balaban J connectivity index is 1.77. The molecule has 1 aliphatic heterocycles. The molecule has 118 valence electrons. The summed E-state index contributed by atoms with van der Waals surface area (Å²) in [4.78, 5) is 16.7. The maximum absolute atomic E-state index is 12.0. The van der Waals surface area contributed by atoms with Crippen molar-refractivity contribution in [3.8, 4) is 6.07 Å². The van der Waals surface area contributed by atoms with Crippen LogP contribution < -0.4 is 10.6 Å². The zero-order chi connectivity index (χ0) is 15.9. The molecule has 0 bridgehead atoms. The summed E-state index contributed by atoms with van der Waals surface area (Å²) in [6, 6.07) is 8.78. The van der Waals surface area contributed by atoms with Crippen LogP contribution in [0, 0.1) is 11.3 Å². The lowest BCUT2D eigenvalue weighted by Crippen LogP contribution is -2.50. The van der Waals surface area contributed by atoms with Gasteiger partial charge in [-0.15, -0.1) is 0 Å². The van der Waals surface area contributed by atoms with Gasteiger partial charge in [0.2, 0.25) is 0 Å². The smallest absolute Gasteiger partial charge is 0.319 e. The van der Waals surface area contributed by atoms with Gasteiger partial charge in [-0.3, -0.25) is 4.90 Å². The molecule has 0 aliphatic carbocycles. The van der Waals surface area contributed by atoms with Gasteiger partial charge >= 0.3 is 6.03 Å². The van der Waals surface area contributed by atoms with Crippen molar-refractivity contribution in [2.45, 2.75) is 13.0 Å². The molecule has 1 atom stereocenters. The number of rotatable bonds is 4.